The highest BCUT2D eigenvalue weighted by Gasteiger charge is 2.47. The number of hydrogen-bond donors (Lipinski definition) is 3. The Hall–Kier alpha value is -4.13. The highest BCUT2D eigenvalue weighted by Crippen LogP contribution is 2.46. The Balaban J connectivity index is 1.50. The van der Waals surface area contributed by atoms with Gasteiger partial charge in [-0.25, -0.2) is 4.68 Å². The van der Waals surface area contributed by atoms with Gasteiger partial charge in [-0.3, -0.25) is 4.79 Å². The maximum Gasteiger partial charge on any atom is 0.410 e. The first kappa shape index (κ1) is 25.5. The molecule has 3 atom stereocenters. The van der Waals surface area contributed by atoms with E-state index in [0.717, 1.165) is 10.9 Å². The Morgan fingerprint density at radius 3 is 2.55 bits per heavy atom. The molecule has 3 aromatic rings. The van der Waals surface area contributed by atoms with E-state index in [-0.39, 0.29) is 30.3 Å². The van der Waals surface area contributed by atoms with Gasteiger partial charge in [0.1, 0.15) is 11.4 Å². The maximum absolute atomic E-state index is 14.1. The topological polar surface area (TPSA) is 116 Å². The molecule has 0 saturated heterocycles. The Bertz CT molecular complexity index is 1370. The number of aliphatic hydroxyl groups excluding tert-OH is 1. The second kappa shape index (κ2) is 9.63. The molecule has 5 rings (SSSR count). The number of carbonyl (C=O) groups excluding carboxylic acids is 1. The summed E-state index contributed by atoms with van der Waals surface area (Å²) in [5.74, 6) is 0.770. The van der Waals surface area contributed by atoms with Crippen LogP contribution < -0.4 is 29.6 Å². The number of anilines is 2. The number of aromatic nitrogens is 2. The van der Waals surface area contributed by atoms with Gasteiger partial charge in [0.2, 0.25) is 6.79 Å². The van der Waals surface area contributed by atoms with Gasteiger partial charge in [0.25, 0.3) is 5.91 Å². The normalized spacial score (nSPS) is 18.8. The first-order valence-electron chi connectivity index (χ1n) is 11.7. The molecule has 0 saturated carbocycles. The molecule has 0 aliphatic carbocycles. The fourth-order valence-corrected chi connectivity index (χ4v) is 4.62. The summed E-state index contributed by atoms with van der Waals surface area (Å²) in [5, 5.41) is 19.8. The summed E-state index contributed by atoms with van der Waals surface area (Å²) in [6.07, 6.45) is -4.86. The van der Waals surface area contributed by atoms with Crippen molar-refractivity contribution in [1.82, 2.24) is 9.78 Å². The average molecular weight is 534 g/mol. The fourth-order valence-electron chi connectivity index (χ4n) is 4.62. The van der Waals surface area contributed by atoms with E-state index in [1.54, 1.807) is 24.3 Å². The number of methoxy groups -OCH3 is 2. The van der Waals surface area contributed by atoms with E-state index in [1.165, 1.54) is 27.2 Å². The summed E-state index contributed by atoms with van der Waals surface area (Å²) >= 11 is 0. The molecule has 1 amide bonds. The number of aliphatic hydroxyl groups is 1. The maximum atomic E-state index is 14.1. The number of benzene rings is 2. The van der Waals surface area contributed by atoms with Gasteiger partial charge >= 0.3 is 6.18 Å². The van der Waals surface area contributed by atoms with Gasteiger partial charge in [0, 0.05) is 18.1 Å². The second-order valence-corrected chi connectivity index (χ2v) is 8.88. The smallest absolute Gasteiger partial charge is 0.410 e. The van der Waals surface area contributed by atoms with Gasteiger partial charge in [-0.2, -0.15) is 18.3 Å². The van der Waals surface area contributed by atoms with Crippen molar-refractivity contribution in [2.24, 2.45) is 0 Å². The van der Waals surface area contributed by atoms with Crippen LogP contribution in [0, 0.1) is 0 Å². The summed E-state index contributed by atoms with van der Waals surface area (Å²) < 4.78 is 64.3. The monoisotopic (exact) mass is 534 g/mol. The molecule has 38 heavy (non-hydrogen) atoms. The van der Waals surface area contributed by atoms with Gasteiger partial charge in [0.15, 0.2) is 29.0 Å². The predicted molar refractivity (Wildman–Crippen MR) is 129 cm³/mol. The van der Waals surface area contributed by atoms with E-state index >= 15 is 0 Å². The van der Waals surface area contributed by atoms with Gasteiger partial charge in [-0.1, -0.05) is 6.07 Å². The van der Waals surface area contributed by atoms with Crippen LogP contribution in [-0.4, -0.2) is 48.0 Å². The van der Waals surface area contributed by atoms with Gasteiger partial charge in [0.05, 0.1) is 38.2 Å². The van der Waals surface area contributed by atoms with E-state index in [2.05, 4.69) is 15.7 Å². The van der Waals surface area contributed by atoms with E-state index in [4.69, 9.17) is 18.9 Å². The van der Waals surface area contributed by atoms with Crippen molar-refractivity contribution in [3.05, 3.63) is 53.2 Å². The molecule has 0 radical (unpaired) electrons. The van der Waals surface area contributed by atoms with Gasteiger partial charge in [-0.05, 0) is 30.7 Å². The molecule has 1 aromatic heterocycles. The molecule has 13 heteroatoms. The first-order chi connectivity index (χ1) is 18.1. The van der Waals surface area contributed by atoms with Crippen molar-refractivity contribution < 1.29 is 42.0 Å². The number of amides is 1. The van der Waals surface area contributed by atoms with E-state index in [1.807, 2.05) is 0 Å². The van der Waals surface area contributed by atoms with Crippen LogP contribution in [0.2, 0.25) is 0 Å². The van der Waals surface area contributed by atoms with Crippen LogP contribution in [0.4, 0.5) is 24.7 Å². The lowest BCUT2D eigenvalue weighted by Gasteiger charge is -2.34. The van der Waals surface area contributed by atoms with Crippen LogP contribution >= 0.6 is 0 Å². The van der Waals surface area contributed by atoms with Crippen molar-refractivity contribution in [3.8, 4) is 23.0 Å². The van der Waals surface area contributed by atoms with Gasteiger partial charge in [-0.15, -0.1) is 0 Å². The van der Waals surface area contributed by atoms with E-state index < -0.39 is 30.3 Å². The Kier molecular flexibility index (Phi) is 6.47. The minimum absolute atomic E-state index is 0.0107. The number of halogens is 3. The van der Waals surface area contributed by atoms with Gasteiger partial charge < -0.3 is 34.7 Å². The van der Waals surface area contributed by atoms with Crippen molar-refractivity contribution in [1.29, 1.82) is 0 Å². The first-order valence-corrected chi connectivity index (χ1v) is 11.7. The predicted octanol–water partition coefficient (Wildman–Crippen LogP) is 4.59. The zero-order chi connectivity index (χ0) is 27.2. The summed E-state index contributed by atoms with van der Waals surface area (Å²) in [5.41, 5.74) is 1.00. The van der Waals surface area contributed by atoms with Crippen molar-refractivity contribution in [2.75, 3.05) is 31.6 Å². The molecule has 2 aromatic carbocycles. The number of alkyl halides is 3. The minimum Gasteiger partial charge on any atom is -0.493 e. The molecule has 3 N–H and O–H groups in total. The molecular weight excluding hydrogens is 509 g/mol. The van der Waals surface area contributed by atoms with Crippen molar-refractivity contribution >= 4 is 17.4 Å². The van der Waals surface area contributed by atoms with Crippen LogP contribution in [0.5, 0.6) is 23.0 Å². The van der Waals surface area contributed by atoms with E-state index in [9.17, 15) is 23.1 Å². The molecule has 0 spiro atoms. The lowest BCUT2D eigenvalue weighted by molar-refractivity contribution is -0.173. The van der Waals surface area contributed by atoms with Crippen molar-refractivity contribution in [3.63, 3.8) is 0 Å². The number of ether oxygens (including phenoxy) is 4. The second-order valence-electron chi connectivity index (χ2n) is 8.88. The fraction of sp³-hybridized carbons (Fsp3) is 0.360. The largest absolute Gasteiger partial charge is 0.493 e. The average Bonchev–Trinajstić information content (AvgIpc) is 3.53. The Morgan fingerprint density at radius 2 is 1.89 bits per heavy atom. The molecule has 0 bridgehead atoms. The molecular formula is C25H25F3N4O6. The number of nitrogens with one attached hydrogen (secondary N) is 2. The lowest BCUT2D eigenvalue weighted by Crippen LogP contribution is -2.36. The van der Waals surface area contributed by atoms with E-state index in [0.29, 0.717) is 34.1 Å². The zero-order valence-corrected chi connectivity index (χ0v) is 20.6. The van der Waals surface area contributed by atoms with Crippen LogP contribution in [0.3, 0.4) is 0 Å². The van der Waals surface area contributed by atoms with Crippen LogP contribution in [0.25, 0.3) is 0 Å². The summed E-state index contributed by atoms with van der Waals surface area (Å²) in [6.45, 7) is 1.50. The van der Waals surface area contributed by atoms with Crippen molar-refractivity contribution in [2.45, 2.75) is 37.7 Å². The number of rotatable bonds is 6. The van der Waals surface area contributed by atoms with Crippen LogP contribution in [0.1, 0.15) is 53.0 Å². The molecule has 10 nitrogen and oxygen atoms in total. The van der Waals surface area contributed by atoms with Crippen LogP contribution in [-0.2, 0) is 0 Å². The lowest BCUT2D eigenvalue weighted by atomic mass is 9.96. The molecule has 0 fully saturated rings. The highest BCUT2D eigenvalue weighted by atomic mass is 19.4. The number of carbonyl (C=O) groups is 1. The molecule has 3 heterocycles. The molecule has 2 aliphatic rings. The standard InChI is InChI=1S/C25H25F3N4O6/c1-12(33)14-7-20-21(38-11-37-20)8-17(14)31-24(34)15-10-29-32-22(25(26,27)28)9-16(30-23(15)32)13-4-5-18(35-2)19(6-13)36-3/h4-8,10,12,16,22,30,33H,9,11H2,1-3H3,(H,31,34)/t12-,16+,22+/m1/s1. The molecule has 0 unspecified atom stereocenters. The zero-order valence-electron chi connectivity index (χ0n) is 20.6. The third-order valence-electron chi connectivity index (χ3n) is 6.54. The van der Waals surface area contributed by atoms with Crippen LogP contribution in [0.15, 0.2) is 36.5 Å². The summed E-state index contributed by atoms with van der Waals surface area (Å²) in [4.78, 5) is 13.3. The molecule has 202 valence electrons. The quantitative estimate of drug-likeness (QED) is 0.421. The highest BCUT2D eigenvalue weighted by molar-refractivity contribution is 6.08. The number of hydrogen-bond acceptors (Lipinski definition) is 8. The number of fused-ring (bicyclic) bond motifs is 2. The number of nitrogens with zero attached hydrogens (tertiary/aromatic N) is 2. The summed E-state index contributed by atoms with van der Waals surface area (Å²) in [6, 6.07) is 5.09. The minimum atomic E-state index is -4.62. The third kappa shape index (κ3) is 4.53. The SMILES string of the molecule is COc1ccc([C@@H]2C[C@@H](C(F)(F)F)n3ncc(C(=O)Nc4cc5c(cc4[C@@H](C)O)OCO5)c3N2)cc1OC. The Morgan fingerprint density at radius 1 is 1.18 bits per heavy atom. The Labute approximate surface area is 215 Å². The molecule has 2 aliphatic heterocycles. The third-order valence-corrected chi connectivity index (χ3v) is 6.54. The summed E-state index contributed by atoms with van der Waals surface area (Å²) in [7, 11) is 2.90.